The summed E-state index contributed by atoms with van der Waals surface area (Å²) in [6.07, 6.45) is 78.6. The summed E-state index contributed by atoms with van der Waals surface area (Å²) < 4.78 is 8.87. The summed E-state index contributed by atoms with van der Waals surface area (Å²) in [5.74, 6) is 7.67. The van der Waals surface area contributed by atoms with Crippen LogP contribution in [0.1, 0.15) is 347 Å². The first-order chi connectivity index (χ1) is 32.4. The van der Waals surface area contributed by atoms with E-state index < -0.39 is 0 Å². The maximum Gasteiger partial charge on any atom is 0.106 e. The molecule has 0 heterocycles. The summed E-state index contributed by atoms with van der Waals surface area (Å²) in [7, 11) is 0. The zero-order chi connectivity index (χ0) is 44.7. The Labute approximate surface area is 407 Å². The lowest BCUT2D eigenvalue weighted by Gasteiger charge is -2.39. The van der Waals surface area contributed by atoms with Crippen LogP contribution in [0, 0.1) is 35.5 Å². The molecular weight excluding hydrogens is 785 g/mol. The molecule has 376 valence electrons. The van der Waals surface area contributed by atoms with Crippen molar-refractivity contribution in [3.63, 3.8) is 0 Å². The molecule has 1 heteroatoms. The Morgan fingerprint density at radius 2 is 0.277 bits per heavy atom. The third-order valence-electron chi connectivity index (χ3n) is 18.9. The van der Waals surface area contributed by atoms with E-state index in [0.29, 0.717) is 11.8 Å². The Bertz CT molecular complexity index is 1030. The largest absolute Gasteiger partial charge is 0.466 e. The second-order valence-electron chi connectivity index (χ2n) is 24.2. The van der Waals surface area contributed by atoms with E-state index in [2.05, 4.69) is 0 Å². The van der Waals surface area contributed by atoms with Crippen LogP contribution < -0.4 is 0 Å². The van der Waals surface area contributed by atoms with Gasteiger partial charge in [0.25, 0.3) is 0 Å². The quantitative estimate of drug-likeness (QED) is 0.221. The summed E-state index contributed by atoms with van der Waals surface area (Å²) >= 11 is 0. The maximum absolute atomic E-state index is 8.87. The molecule has 0 aliphatic heterocycles. The van der Waals surface area contributed by atoms with Crippen LogP contribution in [0.5, 0.6) is 0 Å². The van der Waals surface area contributed by atoms with Gasteiger partial charge in [0.05, 0.1) is 0 Å². The molecule has 0 amide bonds. The smallest absolute Gasteiger partial charge is 0.106 e. The standard InChI is InChI=1S/C64H114O/c1-7-19-31-43-55(44-32-20-8-1)61(56-45-33-21-9-2-10-22-34-46-56)63(59-51-39-27-15-5-16-28-40-52-59)65-64(60-53-41-29-17-6-18-30-42-54-60)62(57-47-35-23-11-3-12-24-36-48-57)58-49-37-25-13-4-14-26-38-50-58/h55-60H,1-54H2. The van der Waals surface area contributed by atoms with Crippen molar-refractivity contribution in [3.8, 4) is 0 Å². The molecule has 0 unspecified atom stereocenters. The van der Waals surface area contributed by atoms with E-state index in [-0.39, 0.29) is 0 Å². The van der Waals surface area contributed by atoms with Gasteiger partial charge < -0.3 is 4.74 Å². The van der Waals surface area contributed by atoms with E-state index in [0.717, 1.165) is 23.7 Å². The third kappa shape index (κ3) is 20.6. The number of ether oxygens (including phenoxy) is 1. The Hall–Kier alpha value is -0.720. The van der Waals surface area contributed by atoms with Crippen LogP contribution >= 0.6 is 0 Å². The molecule has 0 saturated heterocycles. The predicted octanol–water partition coefficient (Wildman–Crippen LogP) is 22.4. The van der Waals surface area contributed by atoms with Crippen molar-refractivity contribution in [2.24, 2.45) is 35.5 Å². The van der Waals surface area contributed by atoms with Crippen molar-refractivity contribution < 1.29 is 4.74 Å². The summed E-state index contributed by atoms with van der Waals surface area (Å²) in [5, 5.41) is 0. The number of hydrogen-bond acceptors (Lipinski definition) is 1. The fourth-order valence-corrected chi connectivity index (χ4v) is 15.0. The van der Waals surface area contributed by atoms with Gasteiger partial charge in [-0.15, -0.1) is 0 Å². The summed E-state index contributed by atoms with van der Waals surface area (Å²) in [6, 6.07) is 0. The lowest BCUT2D eigenvalue weighted by molar-refractivity contribution is 0.162. The van der Waals surface area contributed by atoms with Crippen LogP contribution in [-0.2, 0) is 4.74 Å². The fourth-order valence-electron chi connectivity index (χ4n) is 15.0. The van der Waals surface area contributed by atoms with Gasteiger partial charge in [0.1, 0.15) is 11.5 Å². The average molecular weight is 900 g/mol. The van der Waals surface area contributed by atoms with E-state index >= 15 is 0 Å². The van der Waals surface area contributed by atoms with Gasteiger partial charge in [0.2, 0.25) is 0 Å². The minimum absolute atomic E-state index is 0.637. The second kappa shape index (κ2) is 34.6. The first kappa shape index (κ1) is 53.6. The molecule has 6 rings (SSSR count). The summed E-state index contributed by atoms with van der Waals surface area (Å²) in [6.45, 7) is 0. The summed E-state index contributed by atoms with van der Waals surface area (Å²) in [5.41, 5.74) is 3.98. The highest BCUT2D eigenvalue weighted by Gasteiger charge is 2.36. The molecule has 6 aliphatic rings. The lowest BCUT2D eigenvalue weighted by Crippen LogP contribution is -2.26. The molecule has 0 aromatic rings. The molecule has 65 heavy (non-hydrogen) atoms. The van der Waals surface area contributed by atoms with Crippen molar-refractivity contribution in [1.82, 2.24) is 0 Å². The Kier molecular flexibility index (Phi) is 28.5. The maximum atomic E-state index is 8.87. The van der Waals surface area contributed by atoms with Gasteiger partial charge in [-0.05, 0) is 112 Å². The van der Waals surface area contributed by atoms with Gasteiger partial charge in [-0.3, -0.25) is 0 Å². The molecule has 6 fully saturated rings. The normalized spacial score (nSPS) is 26.2. The highest BCUT2D eigenvalue weighted by atomic mass is 16.5. The Morgan fingerprint density at radius 3 is 0.431 bits per heavy atom. The first-order valence-corrected chi connectivity index (χ1v) is 31.5. The van der Waals surface area contributed by atoms with Crippen LogP contribution in [0.3, 0.4) is 0 Å². The van der Waals surface area contributed by atoms with Gasteiger partial charge >= 0.3 is 0 Å². The van der Waals surface area contributed by atoms with Crippen LogP contribution in [0.4, 0.5) is 0 Å². The zero-order valence-corrected chi connectivity index (χ0v) is 44.1. The van der Waals surface area contributed by atoms with Crippen LogP contribution in [-0.4, -0.2) is 0 Å². The van der Waals surface area contributed by atoms with Gasteiger partial charge in [0, 0.05) is 11.8 Å². The van der Waals surface area contributed by atoms with Crippen LogP contribution in [0.25, 0.3) is 0 Å². The van der Waals surface area contributed by atoms with E-state index in [4.69, 9.17) is 4.74 Å². The first-order valence-electron chi connectivity index (χ1n) is 31.5. The molecule has 0 N–H and O–H groups in total. The molecule has 0 bridgehead atoms. The molecule has 1 nitrogen and oxygen atoms in total. The van der Waals surface area contributed by atoms with Crippen molar-refractivity contribution in [1.29, 1.82) is 0 Å². The molecule has 6 saturated carbocycles. The van der Waals surface area contributed by atoms with Gasteiger partial charge in [-0.25, -0.2) is 0 Å². The topological polar surface area (TPSA) is 9.23 Å². The Balaban J connectivity index is 1.59. The highest BCUT2D eigenvalue weighted by molar-refractivity contribution is 5.26. The summed E-state index contributed by atoms with van der Waals surface area (Å²) in [4.78, 5) is 0. The number of hydrogen-bond donors (Lipinski definition) is 0. The highest BCUT2D eigenvalue weighted by Crippen LogP contribution is 2.48. The SMILES string of the molecule is C1CCCCC(C(OC(=C(C2CCCCCCCCC2)C2CCCCCCCCC2)C2CCCCCCCCC2)=C(C2CCCCCCCCC2)C2CCCCCCCCC2)CCCC1. The van der Waals surface area contributed by atoms with Crippen LogP contribution in [0.15, 0.2) is 22.7 Å². The molecule has 0 aromatic carbocycles. The lowest BCUT2D eigenvalue weighted by atomic mass is 9.72. The van der Waals surface area contributed by atoms with E-state index in [1.165, 1.54) is 347 Å². The predicted molar refractivity (Wildman–Crippen MR) is 285 cm³/mol. The van der Waals surface area contributed by atoms with Crippen molar-refractivity contribution in [2.45, 2.75) is 347 Å². The average Bonchev–Trinajstić information content (AvgIpc) is 3.34. The van der Waals surface area contributed by atoms with Crippen molar-refractivity contribution >= 4 is 0 Å². The van der Waals surface area contributed by atoms with E-state index in [9.17, 15) is 0 Å². The molecular formula is C64H114O. The molecule has 6 aliphatic carbocycles. The fraction of sp³-hybridized carbons (Fsp3) is 0.938. The Morgan fingerprint density at radius 1 is 0.154 bits per heavy atom. The van der Waals surface area contributed by atoms with Gasteiger partial charge in [-0.1, -0.05) is 270 Å². The zero-order valence-electron chi connectivity index (χ0n) is 44.1. The van der Waals surface area contributed by atoms with Crippen molar-refractivity contribution in [3.05, 3.63) is 22.7 Å². The van der Waals surface area contributed by atoms with Crippen molar-refractivity contribution in [2.75, 3.05) is 0 Å². The third-order valence-corrected chi connectivity index (χ3v) is 18.9. The van der Waals surface area contributed by atoms with Crippen LogP contribution in [0.2, 0.25) is 0 Å². The van der Waals surface area contributed by atoms with Gasteiger partial charge in [-0.2, -0.15) is 0 Å². The minimum atomic E-state index is 0.637. The minimum Gasteiger partial charge on any atom is -0.466 e. The van der Waals surface area contributed by atoms with E-state index in [1.807, 2.05) is 11.1 Å². The number of rotatable bonds is 8. The van der Waals surface area contributed by atoms with Gasteiger partial charge in [0.15, 0.2) is 0 Å². The van der Waals surface area contributed by atoms with E-state index in [1.54, 1.807) is 11.5 Å². The molecule has 0 spiro atoms. The molecule has 0 aromatic heterocycles. The monoisotopic (exact) mass is 899 g/mol. The molecule has 0 atom stereocenters. The molecule has 0 radical (unpaired) electrons. The number of allylic oxidation sites excluding steroid dienone is 4. The second-order valence-corrected chi connectivity index (χ2v) is 24.2.